The largest absolute Gasteiger partial charge is 0.350 e. The number of halogens is 3. The third-order valence-electron chi connectivity index (χ3n) is 3.16. The molecule has 1 amide bonds. The summed E-state index contributed by atoms with van der Waals surface area (Å²) in [7, 11) is 0. The smallest absolute Gasteiger partial charge is 0.252 e. The lowest BCUT2D eigenvalue weighted by Gasteiger charge is -2.13. The van der Waals surface area contributed by atoms with Crippen LogP contribution in [0.1, 0.15) is 23.2 Å². The summed E-state index contributed by atoms with van der Waals surface area (Å²) in [6, 6.07) is 3.74. The van der Waals surface area contributed by atoms with E-state index in [1.54, 1.807) is 12.1 Å². The summed E-state index contributed by atoms with van der Waals surface area (Å²) in [5, 5.41) is 7.22. The molecule has 0 aliphatic carbocycles. The Morgan fingerprint density at radius 3 is 2.80 bits per heavy atom. The van der Waals surface area contributed by atoms with Gasteiger partial charge >= 0.3 is 0 Å². The Hall–Kier alpha value is -0.130. The Kier molecular flexibility index (Phi) is 7.48. The van der Waals surface area contributed by atoms with Crippen molar-refractivity contribution in [2.24, 2.45) is 0 Å². The first-order valence-electron chi connectivity index (χ1n) is 6.16. The molecule has 3 nitrogen and oxygen atoms in total. The second kappa shape index (κ2) is 8.35. The van der Waals surface area contributed by atoms with Gasteiger partial charge in [0.05, 0.1) is 15.6 Å². The van der Waals surface area contributed by atoms with E-state index in [2.05, 4.69) is 10.6 Å². The molecule has 7 heteroatoms. The first-order chi connectivity index (χ1) is 9.11. The van der Waals surface area contributed by atoms with Crippen LogP contribution < -0.4 is 10.6 Å². The van der Waals surface area contributed by atoms with E-state index in [0.29, 0.717) is 28.2 Å². The Bertz CT molecular complexity index is 479. The van der Waals surface area contributed by atoms with E-state index in [0.717, 1.165) is 17.9 Å². The van der Waals surface area contributed by atoms with E-state index in [-0.39, 0.29) is 18.3 Å². The zero-order valence-corrected chi connectivity index (χ0v) is 14.2. The van der Waals surface area contributed by atoms with E-state index >= 15 is 0 Å². The summed E-state index contributed by atoms with van der Waals surface area (Å²) in [6.45, 7) is 1.66. The summed E-state index contributed by atoms with van der Waals surface area (Å²) in [4.78, 5) is 13.0. The standard InChI is InChI=1S/C13H16Cl2N2OS.ClH/c1-19-12-5-9(10(14)6-11(12)15)13(18)17-7-8-3-2-4-16-8;/h5-6,8,16H,2-4,7H2,1H3,(H,17,18);1H. The number of carbonyl (C=O) groups is 1. The van der Waals surface area contributed by atoms with Gasteiger partial charge < -0.3 is 10.6 Å². The molecule has 1 aliphatic heterocycles. The highest BCUT2D eigenvalue weighted by molar-refractivity contribution is 7.98. The maximum absolute atomic E-state index is 12.1. The van der Waals surface area contributed by atoms with Crippen molar-refractivity contribution in [3.05, 3.63) is 27.7 Å². The number of hydrogen-bond acceptors (Lipinski definition) is 3. The molecular weight excluding hydrogens is 339 g/mol. The van der Waals surface area contributed by atoms with Crippen molar-refractivity contribution in [3.8, 4) is 0 Å². The number of nitrogens with one attached hydrogen (secondary N) is 2. The molecule has 2 N–H and O–H groups in total. The van der Waals surface area contributed by atoms with E-state index in [1.165, 1.54) is 18.2 Å². The summed E-state index contributed by atoms with van der Waals surface area (Å²) in [5.41, 5.74) is 0.480. The van der Waals surface area contributed by atoms with Gasteiger partial charge in [-0.15, -0.1) is 24.2 Å². The Balaban J connectivity index is 0.00000200. The quantitative estimate of drug-likeness (QED) is 0.811. The van der Waals surface area contributed by atoms with Gasteiger partial charge in [-0.3, -0.25) is 4.79 Å². The molecule has 0 saturated carbocycles. The minimum Gasteiger partial charge on any atom is -0.350 e. The molecule has 0 radical (unpaired) electrons. The molecule has 1 fully saturated rings. The number of thioether (sulfide) groups is 1. The number of benzene rings is 1. The van der Waals surface area contributed by atoms with Crippen molar-refractivity contribution >= 4 is 53.3 Å². The topological polar surface area (TPSA) is 41.1 Å². The Labute approximate surface area is 139 Å². The fraction of sp³-hybridized carbons (Fsp3) is 0.462. The number of hydrogen-bond donors (Lipinski definition) is 2. The van der Waals surface area contributed by atoms with Crippen LogP contribution in [0.5, 0.6) is 0 Å². The zero-order chi connectivity index (χ0) is 13.8. The molecule has 1 atom stereocenters. The second-order valence-corrected chi connectivity index (χ2v) is 6.13. The molecule has 1 heterocycles. The maximum atomic E-state index is 12.1. The molecule has 1 unspecified atom stereocenters. The van der Waals surface area contributed by atoms with E-state index in [1.807, 2.05) is 6.26 Å². The predicted octanol–water partition coefficient (Wildman–Crippen LogP) is 3.62. The van der Waals surface area contributed by atoms with Crippen molar-refractivity contribution < 1.29 is 4.79 Å². The van der Waals surface area contributed by atoms with Crippen molar-refractivity contribution in [3.63, 3.8) is 0 Å². The molecule has 112 valence electrons. The molecule has 1 saturated heterocycles. The van der Waals surface area contributed by atoms with Crippen LogP contribution in [0, 0.1) is 0 Å². The van der Waals surface area contributed by atoms with Crippen LogP contribution in [0.15, 0.2) is 17.0 Å². The highest BCUT2D eigenvalue weighted by Gasteiger charge is 2.17. The van der Waals surface area contributed by atoms with E-state index in [9.17, 15) is 4.79 Å². The van der Waals surface area contributed by atoms with Crippen LogP contribution in [0.2, 0.25) is 10.0 Å². The van der Waals surface area contributed by atoms with Gasteiger partial charge in [-0.2, -0.15) is 0 Å². The first kappa shape index (κ1) is 17.9. The van der Waals surface area contributed by atoms with Gasteiger partial charge in [-0.25, -0.2) is 0 Å². The van der Waals surface area contributed by atoms with Crippen LogP contribution >= 0.6 is 47.4 Å². The van der Waals surface area contributed by atoms with Crippen LogP contribution in [0.3, 0.4) is 0 Å². The molecular formula is C13H17Cl3N2OS. The Morgan fingerprint density at radius 1 is 1.45 bits per heavy atom. The Morgan fingerprint density at radius 2 is 2.20 bits per heavy atom. The monoisotopic (exact) mass is 354 g/mol. The third kappa shape index (κ3) is 4.43. The van der Waals surface area contributed by atoms with Gasteiger partial charge in [0.1, 0.15) is 0 Å². The van der Waals surface area contributed by atoms with Crippen LogP contribution in [0.25, 0.3) is 0 Å². The molecule has 1 aromatic carbocycles. The summed E-state index contributed by atoms with van der Waals surface area (Å²) in [5.74, 6) is -0.148. The zero-order valence-electron chi connectivity index (χ0n) is 11.0. The molecule has 1 aromatic rings. The molecule has 20 heavy (non-hydrogen) atoms. The highest BCUT2D eigenvalue weighted by atomic mass is 35.5. The van der Waals surface area contributed by atoms with Crippen molar-refractivity contribution in [2.75, 3.05) is 19.3 Å². The minimum absolute atomic E-state index is 0. The predicted molar refractivity (Wildman–Crippen MR) is 88.8 cm³/mol. The van der Waals surface area contributed by atoms with E-state index < -0.39 is 0 Å². The SMILES string of the molecule is CSc1cc(C(=O)NCC2CCCN2)c(Cl)cc1Cl.Cl. The van der Waals surface area contributed by atoms with E-state index in [4.69, 9.17) is 23.2 Å². The average Bonchev–Trinajstić information content (AvgIpc) is 2.89. The molecule has 0 aromatic heterocycles. The van der Waals surface area contributed by atoms with Gasteiger partial charge in [-0.1, -0.05) is 23.2 Å². The van der Waals surface area contributed by atoms with Crippen molar-refractivity contribution in [1.82, 2.24) is 10.6 Å². The summed E-state index contributed by atoms with van der Waals surface area (Å²) >= 11 is 13.6. The van der Waals surface area contributed by atoms with Crippen LogP contribution in [-0.4, -0.2) is 31.3 Å². The van der Waals surface area contributed by atoms with Gasteiger partial charge in [0.25, 0.3) is 5.91 Å². The number of amides is 1. The maximum Gasteiger partial charge on any atom is 0.252 e. The second-order valence-electron chi connectivity index (χ2n) is 4.47. The van der Waals surface area contributed by atoms with Gasteiger partial charge in [0, 0.05) is 17.5 Å². The minimum atomic E-state index is -0.148. The third-order valence-corrected chi connectivity index (χ3v) is 4.67. The fourth-order valence-corrected chi connectivity index (χ4v) is 3.29. The lowest BCUT2D eigenvalue weighted by Crippen LogP contribution is -2.37. The van der Waals surface area contributed by atoms with Gasteiger partial charge in [0.15, 0.2) is 0 Å². The van der Waals surface area contributed by atoms with Crippen molar-refractivity contribution in [2.45, 2.75) is 23.8 Å². The summed E-state index contributed by atoms with van der Waals surface area (Å²) in [6.07, 6.45) is 4.18. The summed E-state index contributed by atoms with van der Waals surface area (Å²) < 4.78 is 0. The molecule has 1 aliphatic rings. The van der Waals surface area contributed by atoms with Gasteiger partial charge in [0.2, 0.25) is 0 Å². The molecule has 0 bridgehead atoms. The molecule has 2 rings (SSSR count). The first-order valence-corrected chi connectivity index (χ1v) is 8.14. The average molecular weight is 356 g/mol. The van der Waals surface area contributed by atoms with Crippen molar-refractivity contribution in [1.29, 1.82) is 0 Å². The van der Waals surface area contributed by atoms with Crippen LogP contribution in [0.4, 0.5) is 0 Å². The number of carbonyl (C=O) groups excluding carboxylic acids is 1. The molecule has 0 spiro atoms. The fourth-order valence-electron chi connectivity index (χ4n) is 2.10. The van der Waals surface area contributed by atoms with Crippen LogP contribution in [-0.2, 0) is 0 Å². The lowest BCUT2D eigenvalue weighted by atomic mass is 10.2. The van der Waals surface area contributed by atoms with Gasteiger partial charge in [-0.05, 0) is 37.8 Å². The normalized spacial score (nSPS) is 17.6. The number of rotatable bonds is 4. The lowest BCUT2D eigenvalue weighted by molar-refractivity contribution is 0.0950. The highest BCUT2D eigenvalue weighted by Crippen LogP contribution is 2.31.